The number of hydrogen-bond acceptors (Lipinski definition) is 5. The first-order valence-corrected chi connectivity index (χ1v) is 11.8. The molecule has 29 heavy (non-hydrogen) atoms. The number of aliphatic carboxylic acids is 1. The summed E-state index contributed by atoms with van der Waals surface area (Å²) in [6, 6.07) is 6.11. The van der Waals surface area contributed by atoms with E-state index in [2.05, 4.69) is 5.32 Å². The Morgan fingerprint density at radius 2 is 1.48 bits per heavy atom. The van der Waals surface area contributed by atoms with Gasteiger partial charge in [-0.2, -0.15) is 4.31 Å². The Bertz CT molecular complexity index is 831. The van der Waals surface area contributed by atoms with Gasteiger partial charge in [-0.1, -0.05) is 32.1 Å². The Balaban J connectivity index is 1.67. The van der Waals surface area contributed by atoms with Gasteiger partial charge in [0.2, 0.25) is 15.9 Å². The Labute approximate surface area is 172 Å². The second kappa shape index (κ2) is 9.26. The summed E-state index contributed by atoms with van der Waals surface area (Å²) in [4.78, 5) is 24.0. The number of rotatable bonds is 6. The maximum Gasteiger partial charge on any atom is 0.243 e. The van der Waals surface area contributed by atoms with E-state index in [-0.39, 0.29) is 16.8 Å². The quantitative estimate of drug-likeness (QED) is 0.757. The molecule has 0 heterocycles. The van der Waals surface area contributed by atoms with Crippen molar-refractivity contribution < 1.29 is 23.1 Å². The molecule has 0 aromatic heterocycles. The molecule has 7 nitrogen and oxygen atoms in total. The predicted molar refractivity (Wildman–Crippen MR) is 107 cm³/mol. The molecule has 1 amide bonds. The van der Waals surface area contributed by atoms with Crippen molar-refractivity contribution in [2.45, 2.75) is 68.7 Å². The molecule has 0 bridgehead atoms. The summed E-state index contributed by atoms with van der Waals surface area (Å²) in [6.07, 6.45) is 7.56. The summed E-state index contributed by atoms with van der Waals surface area (Å²) in [6.45, 7) is 0. The lowest BCUT2D eigenvalue weighted by Crippen LogP contribution is -2.42. The van der Waals surface area contributed by atoms with E-state index in [4.69, 9.17) is 0 Å². The summed E-state index contributed by atoms with van der Waals surface area (Å²) >= 11 is 0. The molecule has 3 rings (SSSR count). The van der Waals surface area contributed by atoms with Gasteiger partial charge in [0, 0.05) is 36.6 Å². The van der Waals surface area contributed by atoms with E-state index in [1.807, 2.05) is 0 Å². The minimum Gasteiger partial charge on any atom is -0.550 e. The van der Waals surface area contributed by atoms with Crippen LogP contribution in [-0.2, 0) is 19.6 Å². The summed E-state index contributed by atoms with van der Waals surface area (Å²) in [5.74, 6) is -2.92. The number of carboxylic acid groups (broad SMARTS) is 1. The highest BCUT2D eigenvalue weighted by atomic mass is 32.2. The van der Waals surface area contributed by atoms with Crippen molar-refractivity contribution in [3.63, 3.8) is 0 Å². The second-order valence-electron chi connectivity index (χ2n) is 8.14. The molecule has 160 valence electrons. The van der Waals surface area contributed by atoms with Crippen LogP contribution in [0.1, 0.15) is 57.8 Å². The molecule has 2 atom stereocenters. The Hall–Kier alpha value is -1.93. The Kier molecular flexibility index (Phi) is 6.95. The van der Waals surface area contributed by atoms with Gasteiger partial charge in [0.25, 0.3) is 0 Å². The Morgan fingerprint density at radius 1 is 0.931 bits per heavy atom. The van der Waals surface area contributed by atoms with Crippen molar-refractivity contribution in [2.24, 2.45) is 11.8 Å². The zero-order valence-corrected chi connectivity index (χ0v) is 17.6. The van der Waals surface area contributed by atoms with Gasteiger partial charge >= 0.3 is 0 Å². The van der Waals surface area contributed by atoms with E-state index in [0.29, 0.717) is 18.5 Å². The summed E-state index contributed by atoms with van der Waals surface area (Å²) in [7, 11) is -1.96. The molecule has 0 aliphatic heterocycles. The van der Waals surface area contributed by atoms with Crippen LogP contribution in [0.25, 0.3) is 0 Å². The van der Waals surface area contributed by atoms with E-state index >= 15 is 0 Å². The summed E-state index contributed by atoms with van der Waals surface area (Å²) in [5, 5.41) is 14.0. The lowest BCUT2D eigenvalue weighted by molar-refractivity contribution is -0.313. The fourth-order valence-electron chi connectivity index (χ4n) is 4.48. The van der Waals surface area contributed by atoms with Crippen molar-refractivity contribution in [3.05, 3.63) is 24.3 Å². The number of benzene rings is 1. The van der Waals surface area contributed by atoms with Crippen LogP contribution >= 0.6 is 0 Å². The van der Waals surface area contributed by atoms with Crippen molar-refractivity contribution in [1.29, 1.82) is 0 Å². The van der Waals surface area contributed by atoms with Gasteiger partial charge in [-0.25, -0.2) is 8.42 Å². The molecule has 2 saturated carbocycles. The zero-order chi connectivity index (χ0) is 21.0. The Morgan fingerprint density at radius 3 is 2.07 bits per heavy atom. The minimum atomic E-state index is -3.59. The normalized spacial score (nSPS) is 23.7. The van der Waals surface area contributed by atoms with E-state index in [9.17, 15) is 23.1 Å². The van der Waals surface area contributed by atoms with Gasteiger partial charge in [-0.15, -0.1) is 0 Å². The van der Waals surface area contributed by atoms with Crippen LogP contribution in [0, 0.1) is 11.8 Å². The molecule has 0 radical (unpaired) electrons. The van der Waals surface area contributed by atoms with Gasteiger partial charge in [0.1, 0.15) is 0 Å². The van der Waals surface area contributed by atoms with Gasteiger partial charge in [0.05, 0.1) is 4.90 Å². The number of carboxylic acids is 1. The molecule has 2 fully saturated rings. The van der Waals surface area contributed by atoms with Crippen LogP contribution in [0.2, 0.25) is 0 Å². The third-order valence-corrected chi connectivity index (χ3v) is 8.22. The third kappa shape index (κ3) is 4.98. The monoisotopic (exact) mass is 421 g/mol. The first-order valence-electron chi connectivity index (χ1n) is 10.4. The highest BCUT2D eigenvalue weighted by Gasteiger charge is 2.32. The van der Waals surface area contributed by atoms with Crippen LogP contribution in [0.5, 0.6) is 0 Å². The molecule has 1 aromatic rings. The van der Waals surface area contributed by atoms with Crippen LogP contribution in [0.4, 0.5) is 5.69 Å². The molecule has 0 spiro atoms. The molecule has 0 unspecified atom stereocenters. The number of anilines is 1. The average molecular weight is 422 g/mol. The standard InChI is InChI=1S/C21H30N2O5S/c1-23(16-7-3-2-4-8-16)29(27,28)17-13-11-15(12-14-17)22-20(24)18-9-5-6-10-19(18)21(25)26/h11-14,16,18-19H,2-10H2,1H3,(H,22,24)(H,25,26)/p-1/t18-,19-/m0/s1. The summed E-state index contributed by atoms with van der Waals surface area (Å²) in [5.41, 5.74) is 0.456. The smallest absolute Gasteiger partial charge is 0.243 e. The molecular formula is C21H29N2O5S-. The number of sulfonamides is 1. The number of nitrogens with zero attached hydrogens (tertiary/aromatic N) is 1. The molecule has 0 saturated heterocycles. The lowest BCUT2D eigenvalue weighted by Gasteiger charge is -2.31. The average Bonchev–Trinajstić information content (AvgIpc) is 2.74. The predicted octanol–water partition coefficient (Wildman–Crippen LogP) is 2.13. The van der Waals surface area contributed by atoms with Crippen LogP contribution in [0.15, 0.2) is 29.2 Å². The largest absolute Gasteiger partial charge is 0.550 e. The van der Waals surface area contributed by atoms with Gasteiger partial charge < -0.3 is 15.2 Å². The number of hydrogen-bond donors (Lipinski definition) is 1. The maximum atomic E-state index is 12.9. The van der Waals surface area contributed by atoms with Crippen molar-refractivity contribution >= 4 is 27.6 Å². The number of carbonyl (C=O) groups is 2. The number of nitrogens with one attached hydrogen (secondary N) is 1. The topological polar surface area (TPSA) is 107 Å². The fraction of sp³-hybridized carbons (Fsp3) is 0.619. The highest BCUT2D eigenvalue weighted by molar-refractivity contribution is 7.89. The number of amides is 1. The van der Waals surface area contributed by atoms with Crippen LogP contribution < -0.4 is 10.4 Å². The van der Waals surface area contributed by atoms with Crippen molar-refractivity contribution in [3.8, 4) is 0 Å². The van der Waals surface area contributed by atoms with Crippen molar-refractivity contribution in [1.82, 2.24) is 4.31 Å². The zero-order valence-electron chi connectivity index (χ0n) is 16.8. The minimum absolute atomic E-state index is 0.0287. The molecule has 2 aliphatic carbocycles. The van der Waals surface area contributed by atoms with E-state index in [1.165, 1.54) is 16.4 Å². The molecule has 2 aliphatic rings. The molecule has 1 N–H and O–H groups in total. The van der Waals surface area contributed by atoms with Crippen LogP contribution in [0.3, 0.4) is 0 Å². The molecule has 8 heteroatoms. The SMILES string of the molecule is CN(C1CCCCC1)S(=O)(=O)c1ccc(NC(=O)[C@H]2CCCC[C@@H]2C(=O)[O-])cc1. The van der Waals surface area contributed by atoms with Gasteiger partial charge in [0.15, 0.2) is 0 Å². The second-order valence-corrected chi connectivity index (χ2v) is 10.1. The molecule has 1 aromatic carbocycles. The molecular weight excluding hydrogens is 392 g/mol. The fourth-order valence-corrected chi connectivity index (χ4v) is 5.90. The first kappa shape index (κ1) is 21.8. The van der Waals surface area contributed by atoms with E-state index in [1.54, 1.807) is 19.2 Å². The third-order valence-electron chi connectivity index (χ3n) is 6.29. The first-order chi connectivity index (χ1) is 13.8. The lowest BCUT2D eigenvalue weighted by atomic mass is 9.78. The van der Waals surface area contributed by atoms with Crippen molar-refractivity contribution in [2.75, 3.05) is 12.4 Å². The van der Waals surface area contributed by atoms with E-state index < -0.39 is 27.8 Å². The highest BCUT2D eigenvalue weighted by Crippen LogP contribution is 2.31. The van der Waals surface area contributed by atoms with E-state index in [0.717, 1.165) is 44.9 Å². The van der Waals surface area contributed by atoms with Gasteiger partial charge in [-0.3, -0.25) is 4.79 Å². The summed E-state index contributed by atoms with van der Waals surface area (Å²) < 4.78 is 27.3. The van der Waals surface area contributed by atoms with Gasteiger partial charge in [-0.05, 0) is 49.9 Å². The number of carbonyl (C=O) groups excluding carboxylic acids is 2. The maximum absolute atomic E-state index is 12.9. The van der Waals surface area contributed by atoms with Crippen LogP contribution in [-0.4, -0.2) is 37.7 Å².